The number of halogens is 1. The second-order valence-corrected chi connectivity index (χ2v) is 5.04. The van der Waals surface area contributed by atoms with E-state index in [2.05, 4.69) is 10.3 Å². The van der Waals surface area contributed by atoms with E-state index >= 15 is 0 Å². The number of nitrogens with one attached hydrogen (secondary N) is 1. The summed E-state index contributed by atoms with van der Waals surface area (Å²) in [6.07, 6.45) is 0.421. The zero-order valence-corrected chi connectivity index (χ0v) is 11.0. The van der Waals surface area contributed by atoms with E-state index in [1.807, 2.05) is 6.92 Å². The maximum atomic E-state index is 12.9. The lowest BCUT2D eigenvalue weighted by atomic mass is 10.1. The molecule has 0 spiro atoms. The third kappa shape index (κ3) is 2.73. The summed E-state index contributed by atoms with van der Waals surface area (Å²) in [5, 5.41) is 3.31. The van der Waals surface area contributed by atoms with Crippen LogP contribution in [-0.4, -0.2) is 10.9 Å². The van der Waals surface area contributed by atoms with Gasteiger partial charge >= 0.3 is 0 Å². The fourth-order valence-corrected chi connectivity index (χ4v) is 2.39. The SMILES string of the molecule is CCC(=O)Nc1nc(-c2ccc(F)cc2)c(C)s1. The largest absolute Gasteiger partial charge is 0.302 e. The first kappa shape index (κ1) is 12.7. The van der Waals surface area contributed by atoms with E-state index in [1.165, 1.54) is 23.5 Å². The fourth-order valence-electron chi connectivity index (χ4n) is 1.53. The summed E-state index contributed by atoms with van der Waals surface area (Å²) in [5.74, 6) is -0.333. The van der Waals surface area contributed by atoms with Gasteiger partial charge in [0.1, 0.15) is 5.82 Å². The van der Waals surface area contributed by atoms with Gasteiger partial charge in [-0.25, -0.2) is 9.37 Å². The number of aromatic nitrogens is 1. The Kier molecular flexibility index (Phi) is 3.72. The summed E-state index contributed by atoms with van der Waals surface area (Å²) in [5.41, 5.74) is 1.63. The smallest absolute Gasteiger partial charge is 0.225 e. The molecule has 0 saturated carbocycles. The van der Waals surface area contributed by atoms with Crippen molar-refractivity contribution in [3.05, 3.63) is 35.0 Å². The van der Waals surface area contributed by atoms with Crippen LogP contribution in [0.3, 0.4) is 0 Å². The Balaban J connectivity index is 2.29. The van der Waals surface area contributed by atoms with Crippen LogP contribution in [0.15, 0.2) is 24.3 Å². The van der Waals surface area contributed by atoms with Gasteiger partial charge in [-0.3, -0.25) is 4.79 Å². The molecule has 0 atom stereocenters. The molecule has 1 heterocycles. The first-order chi connectivity index (χ1) is 8.60. The van der Waals surface area contributed by atoms with E-state index in [-0.39, 0.29) is 11.7 Å². The molecule has 1 N–H and O–H groups in total. The molecule has 18 heavy (non-hydrogen) atoms. The molecule has 0 fully saturated rings. The molecule has 0 radical (unpaired) electrons. The number of hydrogen-bond donors (Lipinski definition) is 1. The van der Waals surface area contributed by atoms with Crippen molar-refractivity contribution in [2.75, 3.05) is 5.32 Å². The third-order valence-electron chi connectivity index (χ3n) is 2.48. The van der Waals surface area contributed by atoms with E-state index in [0.29, 0.717) is 11.6 Å². The van der Waals surface area contributed by atoms with Crippen molar-refractivity contribution < 1.29 is 9.18 Å². The Hall–Kier alpha value is -1.75. The van der Waals surface area contributed by atoms with Gasteiger partial charge in [-0.05, 0) is 31.2 Å². The number of thiazole rings is 1. The molecular weight excluding hydrogens is 251 g/mol. The van der Waals surface area contributed by atoms with Crippen molar-refractivity contribution in [3.63, 3.8) is 0 Å². The van der Waals surface area contributed by atoms with E-state index in [0.717, 1.165) is 16.1 Å². The normalized spacial score (nSPS) is 10.4. The Morgan fingerprint density at radius 2 is 2.06 bits per heavy atom. The highest BCUT2D eigenvalue weighted by Crippen LogP contribution is 2.30. The predicted molar refractivity (Wildman–Crippen MR) is 71.2 cm³/mol. The molecule has 2 rings (SSSR count). The number of rotatable bonds is 3. The van der Waals surface area contributed by atoms with Gasteiger partial charge < -0.3 is 5.32 Å². The number of carbonyl (C=O) groups is 1. The summed E-state index contributed by atoms with van der Waals surface area (Å²) in [4.78, 5) is 16.6. The van der Waals surface area contributed by atoms with Gasteiger partial charge in [0, 0.05) is 16.9 Å². The minimum absolute atomic E-state index is 0.0607. The zero-order chi connectivity index (χ0) is 13.1. The highest BCUT2D eigenvalue weighted by Gasteiger charge is 2.11. The average Bonchev–Trinajstić information content (AvgIpc) is 2.71. The van der Waals surface area contributed by atoms with Crippen molar-refractivity contribution in [3.8, 4) is 11.3 Å². The Morgan fingerprint density at radius 3 is 2.67 bits per heavy atom. The molecule has 5 heteroatoms. The van der Waals surface area contributed by atoms with E-state index < -0.39 is 0 Å². The first-order valence-corrected chi connectivity index (χ1v) is 6.45. The average molecular weight is 264 g/mol. The molecule has 0 aliphatic heterocycles. The summed E-state index contributed by atoms with van der Waals surface area (Å²) < 4.78 is 12.9. The highest BCUT2D eigenvalue weighted by atomic mass is 32.1. The van der Waals surface area contributed by atoms with Crippen LogP contribution in [0.5, 0.6) is 0 Å². The van der Waals surface area contributed by atoms with Crippen LogP contribution in [0, 0.1) is 12.7 Å². The lowest BCUT2D eigenvalue weighted by Crippen LogP contribution is -2.08. The van der Waals surface area contributed by atoms with E-state index in [9.17, 15) is 9.18 Å². The Bertz CT molecular complexity index is 563. The number of anilines is 1. The molecule has 2 aromatic rings. The van der Waals surface area contributed by atoms with Crippen LogP contribution in [0.2, 0.25) is 0 Å². The van der Waals surface area contributed by atoms with Crippen molar-refractivity contribution in [2.45, 2.75) is 20.3 Å². The Labute approximate surface area is 109 Å². The number of aryl methyl sites for hydroxylation is 1. The summed E-state index contributed by atoms with van der Waals surface area (Å²) in [7, 11) is 0. The van der Waals surface area contributed by atoms with Gasteiger partial charge in [0.25, 0.3) is 0 Å². The minimum Gasteiger partial charge on any atom is -0.302 e. The van der Waals surface area contributed by atoms with Crippen LogP contribution in [0.25, 0.3) is 11.3 Å². The van der Waals surface area contributed by atoms with E-state index in [4.69, 9.17) is 0 Å². The number of hydrogen-bond acceptors (Lipinski definition) is 3. The quantitative estimate of drug-likeness (QED) is 0.920. The zero-order valence-electron chi connectivity index (χ0n) is 10.2. The maximum absolute atomic E-state index is 12.9. The molecule has 0 saturated heterocycles. The van der Waals surface area contributed by atoms with Crippen molar-refractivity contribution in [1.82, 2.24) is 4.98 Å². The predicted octanol–water partition coefficient (Wildman–Crippen LogP) is 3.61. The Morgan fingerprint density at radius 1 is 1.39 bits per heavy atom. The van der Waals surface area contributed by atoms with Gasteiger partial charge in [-0.1, -0.05) is 6.92 Å². The highest BCUT2D eigenvalue weighted by molar-refractivity contribution is 7.16. The lowest BCUT2D eigenvalue weighted by molar-refractivity contribution is -0.115. The van der Waals surface area contributed by atoms with Crippen LogP contribution >= 0.6 is 11.3 Å². The van der Waals surface area contributed by atoms with Crippen molar-refractivity contribution >= 4 is 22.4 Å². The topological polar surface area (TPSA) is 42.0 Å². The van der Waals surface area contributed by atoms with Crippen molar-refractivity contribution in [1.29, 1.82) is 0 Å². The standard InChI is InChI=1S/C13H13FN2OS/c1-3-11(17)15-13-16-12(8(2)18-13)9-4-6-10(14)7-5-9/h4-7H,3H2,1-2H3,(H,15,16,17). The van der Waals surface area contributed by atoms with Gasteiger partial charge in [0.15, 0.2) is 5.13 Å². The van der Waals surface area contributed by atoms with Gasteiger partial charge in [-0.15, -0.1) is 11.3 Å². The molecule has 0 bridgehead atoms. The van der Waals surface area contributed by atoms with Crippen LogP contribution < -0.4 is 5.32 Å². The molecule has 1 aromatic heterocycles. The molecule has 1 amide bonds. The second-order valence-electron chi connectivity index (χ2n) is 3.83. The molecule has 3 nitrogen and oxygen atoms in total. The molecule has 0 aliphatic rings. The lowest BCUT2D eigenvalue weighted by Gasteiger charge is -1.98. The van der Waals surface area contributed by atoms with Crippen LogP contribution in [0.1, 0.15) is 18.2 Å². The van der Waals surface area contributed by atoms with Crippen molar-refractivity contribution in [2.24, 2.45) is 0 Å². The molecule has 0 aliphatic carbocycles. The third-order valence-corrected chi connectivity index (χ3v) is 3.37. The summed E-state index contributed by atoms with van der Waals surface area (Å²) >= 11 is 1.42. The number of benzene rings is 1. The number of amides is 1. The minimum atomic E-state index is -0.272. The maximum Gasteiger partial charge on any atom is 0.225 e. The van der Waals surface area contributed by atoms with Gasteiger partial charge in [0.05, 0.1) is 5.69 Å². The van der Waals surface area contributed by atoms with Gasteiger partial charge in [0.2, 0.25) is 5.91 Å². The molecule has 1 aromatic carbocycles. The van der Waals surface area contributed by atoms with E-state index in [1.54, 1.807) is 19.1 Å². The molecule has 0 unspecified atom stereocenters. The number of nitrogens with zero attached hydrogens (tertiary/aromatic N) is 1. The molecular formula is C13H13FN2OS. The fraction of sp³-hybridized carbons (Fsp3) is 0.231. The summed E-state index contributed by atoms with van der Waals surface area (Å²) in [6.45, 7) is 3.72. The van der Waals surface area contributed by atoms with Crippen LogP contribution in [0.4, 0.5) is 9.52 Å². The van der Waals surface area contributed by atoms with Crippen LogP contribution in [-0.2, 0) is 4.79 Å². The summed E-state index contributed by atoms with van der Waals surface area (Å²) in [6, 6.07) is 6.17. The molecule has 94 valence electrons. The second kappa shape index (κ2) is 5.27. The number of carbonyl (C=O) groups excluding carboxylic acids is 1. The van der Waals surface area contributed by atoms with Gasteiger partial charge in [-0.2, -0.15) is 0 Å². The first-order valence-electron chi connectivity index (χ1n) is 5.63. The monoisotopic (exact) mass is 264 g/mol.